The SMILES string of the molecule is COCCNc1ccc([N+](=O)[O-])c(OC(C)C)c1. The lowest BCUT2D eigenvalue weighted by Crippen LogP contribution is -2.10. The first kappa shape index (κ1) is 14.2. The third-order valence-electron chi connectivity index (χ3n) is 2.15. The van der Waals surface area contributed by atoms with Gasteiger partial charge in [0, 0.05) is 31.5 Å². The molecule has 0 atom stereocenters. The Morgan fingerprint density at radius 2 is 2.17 bits per heavy atom. The van der Waals surface area contributed by atoms with Gasteiger partial charge >= 0.3 is 5.69 Å². The first-order chi connectivity index (χ1) is 8.54. The molecule has 6 nitrogen and oxygen atoms in total. The third kappa shape index (κ3) is 4.21. The van der Waals surface area contributed by atoms with E-state index in [0.717, 1.165) is 5.69 Å². The molecule has 0 bridgehead atoms. The Balaban J connectivity index is 2.87. The molecule has 0 amide bonds. The zero-order valence-corrected chi connectivity index (χ0v) is 10.8. The van der Waals surface area contributed by atoms with Gasteiger partial charge in [0.2, 0.25) is 0 Å². The first-order valence-electron chi connectivity index (χ1n) is 5.72. The van der Waals surface area contributed by atoms with Gasteiger partial charge in [-0.3, -0.25) is 10.1 Å². The zero-order valence-electron chi connectivity index (χ0n) is 10.8. The van der Waals surface area contributed by atoms with Crippen LogP contribution < -0.4 is 10.1 Å². The van der Waals surface area contributed by atoms with Gasteiger partial charge < -0.3 is 14.8 Å². The van der Waals surface area contributed by atoms with E-state index >= 15 is 0 Å². The van der Waals surface area contributed by atoms with E-state index in [9.17, 15) is 10.1 Å². The summed E-state index contributed by atoms with van der Waals surface area (Å²) in [4.78, 5) is 10.4. The molecule has 0 aliphatic carbocycles. The van der Waals surface area contributed by atoms with Crippen LogP contribution in [0.2, 0.25) is 0 Å². The minimum Gasteiger partial charge on any atom is -0.484 e. The van der Waals surface area contributed by atoms with Crippen molar-refractivity contribution in [2.45, 2.75) is 20.0 Å². The summed E-state index contributed by atoms with van der Waals surface area (Å²) in [7, 11) is 1.62. The van der Waals surface area contributed by atoms with Crippen molar-refractivity contribution in [1.82, 2.24) is 0 Å². The summed E-state index contributed by atoms with van der Waals surface area (Å²) >= 11 is 0. The van der Waals surface area contributed by atoms with Crippen molar-refractivity contribution in [1.29, 1.82) is 0 Å². The lowest BCUT2D eigenvalue weighted by molar-refractivity contribution is -0.386. The molecule has 0 aliphatic rings. The van der Waals surface area contributed by atoms with Gasteiger partial charge in [-0.2, -0.15) is 0 Å². The standard InChI is InChI=1S/C12H18N2O4/c1-9(2)18-12-8-10(13-6-7-17-3)4-5-11(12)14(15)16/h4-5,8-9,13H,6-7H2,1-3H3. The van der Waals surface area contributed by atoms with Crippen molar-refractivity contribution in [3.8, 4) is 5.75 Å². The van der Waals surface area contributed by atoms with Crippen molar-refractivity contribution in [2.75, 3.05) is 25.6 Å². The highest BCUT2D eigenvalue weighted by atomic mass is 16.6. The van der Waals surface area contributed by atoms with Crippen LogP contribution in [-0.2, 0) is 4.74 Å². The molecule has 0 saturated carbocycles. The van der Waals surface area contributed by atoms with E-state index in [1.165, 1.54) is 6.07 Å². The highest BCUT2D eigenvalue weighted by Gasteiger charge is 2.16. The molecule has 0 spiro atoms. The molecule has 0 radical (unpaired) electrons. The normalized spacial score (nSPS) is 10.4. The van der Waals surface area contributed by atoms with Crippen LogP contribution in [0.25, 0.3) is 0 Å². The molecule has 0 fully saturated rings. The maximum Gasteiger partial charge on any atom is 0.311 e. The van der Waals surface area contributed by atoms with Crippen molar-refractivity contribution >= 4 is 11.4 Å². The average Bonchev–Trinajstić information content (AvgIpc) is 2.28. The Bertz CT molecular complexity index is 407. The Kier molecular flexibility index (Phi) is 5.38. The van der Waals surface area contributed by atoms with Crippen LogP contribution in [0.3, 0.4) is 0 Å². The molecule has 100 valence electrons. The lowest BCUT2D eigenvalue weighted by Gasteiger charge is -2.12. The van der Waals surface area contributed by atoms with Crippen molar-refractivity contribution in [3.63, 3.8) is 0 Å². The van der Waals surface area contributed by atoms with Gasteiger partial charge in [0.05, 0.1) is 17.6 Å². The molecule has 1 N–H and O–H groups in total. The van der Waals surface area contributed by atoms with E-state index in [2.05, 4.69) is 5.32 Å². The largest absolute Gasteiger partial charge is 0.484 e. The maximum atomic E-state index is 10.9. The van der Waals surface area contributed by atoms with Gasteiger partial charge in [0.1, 0.15) is 0 Å². The summed E-state index contributed by atoms with van der Waals surface area (Å²) in [5.74, 6) is 0.275. The number of methoxy groups -OCH3 is 1. The Hall–Kier alpha value is -1.82. The zero-order chi connectivity index (χ0) is 13.5. The smallest absolute Gasteiger partial charge is 0.311 e. The van der Waals surface area contributed by atoms with Crippen molar-refractivity contribution < 1.29 is 14.4 Å². The number of benzene rings is 1. The molecule has 1 aromatic rings. The number of nitrogens with one attached hydrogen (secondary N) is 1. The molecule has 0 aromatic heterocycles. The summed E-state index contributed by atoms with van der Waals surface area (Å²) in [6, 6.07) is 4.72. The minimum atomic E-state index is -0.448. The molecular weight excluding hydrogens is 236 g/mol. The van der Waals surface area contributed by atoms with E-state index < -0.39 is 4.92 Å². The summed E-state index contributed by atoms with van der Waals surface area (Å²) in [5, 5.41) is 14.0. The molecule has 1 aromatic carbocycles. The second kappa shape index (κ2) is 6.80. The molecule has 0 aliphatic heterocycles. The molecule has 18 heavy (non-hydrogen) atoms. The number of hydrogen-bond donors (Lipinski definition) is 1. The van der Waals surface area contributed by atoms with Crippen molar-refractivity contribution in [2.24, 2.45) is 0 Å². The van der Waals surface area contributed by atoms with E-state index in [1.54, 1.807) is 19.2 Å². The Labute approximate surface area is 106 Å². The third-order valence-corrected chi connectivity index (χ3v) is 2.15. The molecule has 0 saturated heterocycles. The number of rotatable bonds is 7. The lowest BCUT2D eigenvalue weighted by atomic mass is 10.2. The van der Waals surface area contributed by atoms with Gasteiger partial charge in [0.15, 0.2) is 5.75 Å². The number of nitro benzene ring substituents is 1. The number of hydrogen-bond acceptors (Lipinski definition) is 5. The molecule has 0 unspecified atom stereocenters. The van der Waals surface area contributed by atoms with Gasteiger partial charge in [0.25, 0.3) is 0 Å². The molecular formula is C12H18N2O4. The summed E-state index contributed by atoms with van der Waals surface area (Å²) in [6.07, 6.45) is -0.113. The number of nitro groups is 1. The Morgan fingerprint density at radius 1 is 1.44 bits per heavy atom. The fourth-order valence-electron chi connectivity index (χ4n) is 1.42. The highest BCUT2D eigenvalue weighted by molar-refractivity contribution is 5.58. The van der Waals surface area contributed by atoms with Crippen LogP contribution in [0.4, 0.5) is 11.4 Å². The minimum absolute atomic E-state index is 0.0269. The van der Waals surface area contributed by atoms with Crippen LogP contribution in [-0.4, -0.2) is 31.3 Å². The quantitative estimate of drug-likeness (QED) is 0.459. The average molecular weight is 254 g/mol. The van der Waals surface area contributed by atoms with Gasteiger partial charge in [-0.15, -0.1) is 0 Å². The van der Waals surface area contributed by atoms with Gasteiger partial charge in [-0.1, -0.05) is 0 Å². The van der Waals surface area contributed by atoms with Gasteiger partial charge in [-0.25, -0.2) is 0 Å². The van der Waals surface area contributed by atoms with E-state index in [0.29, 0.717) is 13.2 Å². The van der Waals surface area contributed by atoms with E-state index in [1.807, 2.05) is 13.8 Å². The first-order valence-corrected chi connectivity index (χ1v) is 5.72. The second-order valence-corrected chi connectivity index (χ2v) is 4.03. The second-order valence-electron chi connectivity index (χ2n) is 4.03. The summed E-state index contributed by atoms with van der Waals surface area (Å²) < 4.78 is 10.4. The predicted octanol–water partition coefficient (Wildman–Crippen LogP) is 2.44. The maximum absolute atomic E-state index is 10.9. The fourth-order valence-corrected chi connectivity index (χ4v) is 1.42. The number of nitrogens with zero attached hydrogens (tertiary/aromatic N) is 1. The number of ether oxygens (including phenoxy) is 2. The van der Waals surface area contributed by atoms with Crippen LogP contribution in [0, 0.1) is 10.1 Å². The van der Waals surface area contributed by atoms with Crippen LogP contribution in [0.5, 0.6) is 5.75 Å². The van der Waals surface area contributed by atoms with E-state index in [-0.39, 0.29) is 17.5 Å². The highest BCUT2D eigenvalue weighted by Crippen LogP contribution is 2.30. The fraction of sp³-hybridized carbons (Fsp3) is 0.500. The monoisotopic (exact) mass is 254 g/mol. The van der Waals surface area contributed by atoms with Crippen LogP contribution in [0.15, 0.2) is 18.2 Å². The summed E-state index contributed by atoms with van der Waals surface area (Å²) in [5.41, 5.74) is 0.745. The van der Waals surface area contributed by atoms with Gasteiger partial charge in [-0.05, 0) is 19.9 Å². The van der Waals surface area contributed by atoms with Crippen molar-refractivity contribution in [3.05, 3.63) is 28.3 Å². The summed E-state index contributed by atoms with van der Waals surface area (Å²) in [6.45, 7) is 4.86. The Morgan fingerprint density at radius 3 is 2.72 bits per heavy atom. The van der Waals surface area contributed by atoms with Crippen LogP contribution >= 0.6 is 0 Å². The van der Waals surface area contributed by atoms with Crippen LogP contribution in [0.1, 0.15) is 13.8 Å². The number of anilines is 1. The molecule has 0 heterocycles. The predicted molar refractivity (Wildman–Crippen MR) is 69.2 cm³/mol. The topological polar surface area (TPSA) is 73.6 Å². The van der Waals surface area contributed by atoms with E-state index in [4.69, 9.17) is 9.47 Å². The molecule has 6 heteroatoms. The molecule has 1 rings (SSSR count).